The number of carbonyl (C=O) groups excluding carboxylic acids is 1. The maximum absolute atomic E-state index is 12.4. The third kappa shape index (κ3) is 3.20. The maximum Gasteiger partial charge on any atom is 0.246 e. The molecule has 0 radical (unpaired) electrons. The molecule has 0 spiro atoms. The van der Waals surface area contributed by atoms with Gasteiger partial charge in [0.15, 0.2) is 0 Å². The molecule has 1 aliphatic rings. The van der Waals surface area contributed by atoms with Crippen LogP contribution in [0.15, 0.2) is 35.3 Å². The Morgan fingerprint density at radius 2 is 2.45 bits per heavy atom. The van der Waals surface area contributed by atoms with Gasteiger partial charge in [0.05, 0.1) is 24.8 Å². The standard InChI is InChI=1S/C15H20N4O3/c1-21-7-5-16-15(20)14-10-18(8-12-3-6-22-11-12)9-13-2-4-17-19(13)14/h2-4,6,11,14H,5,7-10H2,1H3,(H,16,20)/t14-/m0/s1. The van der Waals surface area contributed by atoms with Crippen LogP contribution in [0.3, 0.4) is 0 Å². The van der Waals surface area contributed by atoms with Gasteiger partial charge < -0.3 is 14.5 Å². The van der Waals surface area contributed by atoms with E-state index in [2.05, 4.69) is 15.3 Å². The van der Waals surface area contributed by atoms with Gasteiger partial charge in [-0.2, -0.15) is 5.10 Å². The number of furan rings is 1. The molecule has 0 aromatic carbocycles. The fourth-order valence-corrected chi connectivity index (χ4v) is 2.71. The summed E-state index contributed by atoms with van der Waals surface area (Å²) in [5.41, 5.74) is 2.15. The number of hydrogen-bond donors (Lipinski definition) is 1. The summed E-state index contributed by atoms with van der Waals surface area (Å²) in [7, 11) is 1.62. The Morgan fingerprint density at radius 1 is 1.55 bits per heavy atom. The first-order valence-electron chi connectivity index (χ1n) is 7.30. The number of methoxy groups -OCH3 is 1. The Morgan fingerprint density at radius 3 is 3.23 bits per heavy atom. The van der Waals surface area contributed by atoms with Crippen LogP contribution in [0.25, 0.3) is 0 Å². The summed E-state index contributed by atoms with van der Waals surface area (Å²) in [6.07, 6.45) is 5.14. The molecule has 0 saturated heterocycles. The van der Waals surface area contributed by atoms with E-state index in [1.807, 2.05) is 16.8 Å². The Hall–Kier alpha value is -2.12. The number of aromatic nitrogens is 2. The number of nitrogens with one attached hydrogen (secondary N) is 1. The van der Waals surface area contributed by atoms with Crippen molar-refractivity contribution in [3.05, 3.63) is 42.1 Å². The van der Waals surface area contributed by atoms with E-state index in [-0.39, 0.29) is 11.9 Å². The van der Waals surface area contributed by atoms with Crippen molar-refractivity contribution in [3.63, 3.8) is 0 Å². The lowest BCUT2D eigenvalue weighted by Crippen LogP contribution is -2.45. The van der Waals surface area contributed by atoms with Gasteiger partial charge in [-0.05, 0) is 12.1 Å². The van der Waals surface area contributed by atoms with Crippen LogP contribution in [-0.4, -0.2) is 47.4 Å². The SMILES string of the molecule is COCCNC(=O)[C@@H]1CN(Cc2ccoc2)Cc2ccnn21. The van der Waals surface area contributed by atoms with E-state index in [4.69, 9.17) is 9.15 Å². The van der Waals surface area contributed by atoms with Crippen molar-refractivity contribution >= 4 is 5.91 Å². The molecular formula is C15H20N4O3. The fourth-order valence-electron chi connectivity index (χ4n) is 2.71. The number of amides is 1. The summed E-state index contributed by atoms with van der Waals surface area (Å²) >= 11 is 0. The third-order valence-corrected chi connectivity index (χ3v) is 3.76. The summed E-state index contributed by atoms with van der Waals surface area (Å²) in [6.45, 7) is 3.16. The van der Waals surface area contributed by atoms with Crippen LogP contribution in [0, 0.1) is 0 Å². The van der Waals surface area contributed by atoms with Crippen molar-refractivity contribution in [2.24, 2.45) is 0 Å². The van der Waals surface area contributed by atoms with E-state index in [0.717, 1.165) is 24.3 Å². The molecule has 2 aromatic heterocycles. The smallest absolute Gasteiger partial charge is 0.246 e. The molecule has 22 heavy (non-hydrogen) atoms. The molecule has 1 N–H and O–H groups in total. The average Bonchev–Trinajstić information content (AvgIpc) is 3.17. The van der Waals surface area contributed by atoms with Gasteiger partial charge in [0, 0.05) is 45.0 Å². The Balaban J connectivity index is 1.70. The van der Waals surface area contributed by atoms with Crippen LogP contribution in [0.1, 0.15) is 17.3 Å². The average molecular weight is 304 g/mol. The van der Waals surface area contributed by atoms with E-state index in [1.54, 1.807) is 25.8 Å². The summed E-state index contributed by atoms with van der Waals surface area (Å²) in [4.78, 5) is 14.6. The predicted octanol–water partition coefficient (Wildman–Crippen LogP) is 0.796. The molecule has 0 unspecified atom stereocenters. The highest BCUT2D eigenvalue weighted by Gasteiger charge is 2.30. The molecule has 3 rings (SSSR count). The van der Waals surface area contributed by atoms with E-state index >= 15 is 0 Å². The van der Waals surface area contributed by atoms with E-state index in [0.29, 0.717) is 19.7 Å². The van der Waals surface area contributed by atoms with E-state index < -0.39 is 0 Å². The van der Waals surface area contributed by atoms with Crippen molar-refractivity contribution in [1.29, 1.82) is 0 Å². The number of carbonyl (C=O) groups is 1. The molecule has 7 heteroatoms. The van der Waals surface area contributed by atoms with Crippen molar-refractivity contribution in [2.75, 3.05) is 26.8 Å². The zero-order valence-corrected chi connectivity index (χ0v) is 12.6. The van der Waals surface area contributed by atoms with Crippen LogP contribution in [-0.2, 0) is 22.6 Å². The second-order valence-electron chi connectivity index (χ2n) is 5.37. The maximum atomic E-state index is 12.4. The summed E-state index contributed by atoms with van der Waals surface area (Å²) in [5.74, 6) is -0.0288. The first-order chi connectivity index (χ1) is 10.8. The molecule has 2 aromatic rings. The lowest BCUT2D eigenvalue weighted by Gasteiger charge is -2.32. The van der Waals surface area contributed by atoms with Gasteiger partial charge in [0.25, 0.3) is 0 Å². The molecule has 0 bridgehead atoms. The van der Waals surface area contributed by atoms with Gasteiger partial charge in [0.2, 0.25) is 5.91 Å². The number of ether oxygens (including phenoxy) is 1. The van der Waals surface area contributed by atoms with Crippen molar-refractivity contribution < 1.29 is 13.9 Å². The van der Waals surface area contributed by atoms with Crippen molar-refractivity contribution in [1.82, 2.24) is 20.0 Å². The van der Waals surface area contributed by atoms with Crippen molar-refractivity contribution in [2.45, 2.75) is 19.1 Å². The van der Waals surface area contributed by atoms with Crippen LogP contribution in [0.5, 0.6) is 0 Å². The summed E-state index contributed by atoms with van der Waals surface area (Å²) < 4.78 is 11.9. The number of fused-ring (bicyclic) bond motifs is 1. The fraction of sp³-hybridized carbons (Fsp3) is 0.467. The van der Waals surface area contributed by atoms with Crippen LogP contribution >= 0.6 is 0 Å². The predicted molar refractivity (Wildman–Crippen MR) is 79.0 cm³/mol. The van der Waals surface area contributed by atoms with Gasteiger partial charge in [0.1, 0.15) is 6.04 Å². The van der Waals surface area contributed by atoms with Gasteiger partial charge in [-0.1, -0.05) is 0 Å². The van der Waals surface area contributed by atoms with Crippen LogP contribution in [0.2, 0.25) is 0 Å². The molecule has 1 aliphatic heterocycles. The Kier molecular flexibility index (Phi) is 4.55. The molecule has 1 amide bonds. The second-order valence-corrected chi connectivity index (χ2v) is 5.37. The summed E-state index contributed by atoms with van der Waals surface area (Å²) in [5, 5.41) is 7.19. The first kappa shape index (κ1) is 14.8. The topological polar surface area (TPSA) is 72.5 Å². The minimum atomic E-state index is -0.317. The zero-order chi connectivity index (χ0) is 15.4. The highest BCUT2D eigenvalue weighted by atomic mass is 16.5. The van der Waals surface area contributed by atoms with Gasteiger partial charge >= 0.3 is 0 Å². The molecule has 7 nitrogen and oxygen atoms in total. The molecule has 3 heterocycles. The molecule has 0 aliphatic carbocycles. The summed E-state index contributed by atoms with van der Waals surface area (Å²) in [6, 6.07) is 3.58. The first-order valence-corrected chi connectivity index (χ1v) is 7.30. The third-order valence-electron chi connectivity index (χ3n) is 3.76. The Labute approximate surface area is 128 Å². The molecule has 0 fully saturated rings. The van der Waals surface area contributed by atoms with Gasteiger partial charge in [-0.25, -0.2) is 0 Å². The lowest BCUT2D eigenvalue weighted by atomic mass is 10.1. The number of nitrogens with zero attached hydrogens (tertiary/aromatic N) is 3. The highest BCUT2D eigenvalue weighted by Crippen LogP contribution is 2.22. The quantitative estimate of drug-likeness (QED) is 0.799. The van der Waals surface area contributed by atoms with E-state index in [1.165, 1.54) is 0 Å². The van der Waals surface area contributed by atoms with Gasteiger partial charge in [-0.15, -0.1) is 0 Å². The monoisotopic (exact) mass is 304 g/mol. The molecule has 0 saturated carbocycles. The van der Waals surface area contributed by atoms with Crippen LogP contribution < -0.4 is 5.32 Å². The molecule has 1 atom stereocenters. The normalized spacial score (nSPS) is 18.1. The number of rotatable bonds is 6. The lowest BCUT2D eigenvalue weighted by molar-refractivity contribution is -0.126. The molecular weight excluding hydrogens is 284 g/mol. The minimum Gasteiger partial charge on any atom is -0.472 e. The highest BCUT2D eigenvalue weighted by molar-refractivity contribution is 5.80. The van der Waals surface area contributed by atoms with Crippen LogP contribution in [0.4, 0.5) is 0 Å². The van der Waals surface area contributed by atoms with Crippen molar-refractivity contribution in [3.8, 4) is 0 Å². The number of hydrogen-bond acceptors (Lipinski definition) is 5. The zero-order valence-electron chi connectivity index (χ0n) is 12.6. The molecule has 118 valence electrons. The van der Waals surface area contributed by atoms with Gasteiger partial charge in [-0.3, -0.25) is 14.4 Å². The Bertz CT molecular complexity index is 608. The minimum absolute atomic E-state index is 0.0288. The second kappa shape index (κ2) is 6.76. The van der Waals surface area contributed by atoms with E-state index in [9.17, 15) is 4.79 Å². The largest absolute Gasteiger partial charge is 0.472 e.